The molecular weight excluding hydrogens is 217 g/mol. The second kappa shape index (κ2) is 4.05. The van der Waals surface area contributed by atoms with E-state index in [1.54, 1.807) is 0 Å². The molecule has 14 heavy (non-hydrogen) atoms. The smallest absolute Gasteiger partial charge is 0.266 e. The first-order valence-electron chi connectivity index (χ1n) is 3.96. The quantitative estimate of drug-likeness (QED) is 0.629. The van der Waals surface area contributed by atoms with Gasteiger partial charge in [0.05, 0.1) is 4.88 Å². The van der Waals surface area contributed by atoms with Crippen LogP contribution in [0.15, 0.2) is 30.3 Å². The summed E-state index contributed by atoms with van der Waals surface area (Å²) in [4.78, 5) is 12.0. The summed E-state index contributed by atoms with van der Waals surface area (Å²) in [7, 11) is 1.97. The standard InChI is InChI=1S/C9H8NO2PS/c11-9(10-12-13)8-5-6-3-1-2-4-7(6)14-8/h1-5H,13H2,(H,10,11). The summed E-state index contributed by atoms with van der Waals surface area (Å²) in [5, 5.41) is 1.08. The van der Waals surface area contributed by atoms with Crippen molar-refractivity contribution in [3.05, 3.63) is 35.2 Å². The lowest BCUT2D eigenvalue weighted by Gasteiger charge is -1.95. The summed E-state index contributed by atoms with van der Waals surface area (Å²) in [6.45, 7) is 0. The van der Waals surface area contributed by atoms with E-state index in [4.69, 9.17) is 0 Å². The Hall–Kier alpha value is -0.960. The van der Waals surface area contributed by atoms with Gasteiger partial charge in [0.25, 0.3) is 5.91 Å². The van der Waals surface area contributed by atoms with Crippen LogP contribution in [0.4, 0.5) is 0 Å². The molecule has 1 aromatic carbocycles. The third-order valence-corrected chi connectivity index (χ3v) is 3.03. The fourth-order valence-corrected chi connectivity index (χ4v) is 2.25. The Balaban J connectivity index is 2.40. The molecule has 0 spiro atoms. The van der Waals surface area contributed by atoms with Crippen LogP contribution in [-0.2, 0) is 4.62 Å². The first kappa shape index (κ1) is 9.59. The third kappa shape index (κ3) is 1.77. The minimum Gasteiger partial charge on any atom is -0.266 e. The Labute approximate surface area is 87.3 Å². The van der Waals surface area contributed by atoms with Crippen LogP contribution in [0.5, 0.6) is 0 Å². The molecule has 0 saturated heterocycles. The fraction of sp³-hybridized carbons (Fsp3) is 0. The van der Waals surface area contributed by atoms with Gasteiger partial charge in [-0.05, 0) is 17.5 Å². The van der Waals surface area contributed by atoms with Crippen LogP contribution in [0.25, 0.3) is 10.1 Å². The molecule has 1 amide bonds. The molecule has 1 aromatic heterocycles. The number of carbonyl (C=O) groups is 1. The highest BCUT2D eigenvalue weighted by atomic mass is 32.1. The largest absolute Gasteiger partial charge is 0.285 e. The van der Waals surface area contributed by atoms with Gasteiger partial charge in [-0.2, -0.15) is 0 Å². The van der Waals surface area contributed by atoms with E-state index in [1.165, 1.54) is 11.3 Å². The van der Waals surface area contributed by atoms with Crippen LogP contribution in [-0.4, -0.2) is 5.91 Å². The molecule has 0 aliphatic carbocycles. The summed E-state index contributed by atoms with van der Waals surface area (Å²) >= 11 is 1.44. The van der Waals surface area contributed by atoms with Gasteiger partial charge in [0.2, 0.25) is 0 Å². The van der Waals surface area contributed by atoms with Crippen molar-refractivity contribution in [2.24, 2.45) is 0 Å². The van der Waals surface area contributed by atoms with E-state index in [0.29, 0.717) is 4.88 Å². The van der Waals surface area contributed by atoms with Crippen LogP contribution in [0.3, 0.4) is 0 Å². The monoisotopic (exact) mass is 225 g/mol. The number of benzene rings is 1. The van der Waals surface area contributed by atoms with E-state index in [-0.39, 0.29) is 5.91 Å². The number of thiophene rings is 1. The van der Waals surface area contributed by atoms with Gasteiger partial charge in [-0.1, -0.05) is 18.2 Å². The zero-order valence-electron chi connectivity index (χ0n) is 7.19. The number of fused-ring (bicyclic) bond motifs is 1. The minimum atomic E-state index is -0.221. The number of carbonyl (C=O) groups excluding carboxylic acids is 1. The second-order valence-corrected chi connectivity index (χ2v) is 4.02. The summed E-state index contributed by atoms with van der Waals surface area (Å²) in [5.74, 6) is -0.221. The number of hydrogen-bond donors (Lipinski definition) is 1. The van der Waals surface area contributed by atoms with Gasteiger partial charge in [0, 0.05) is 14.2 Å². The van der Waals surface area contributed by atoms with Crippen LogP contribution >= 0.6 is 20.8 Å². The molecule has 0 radical (unpaired) electrons. The van der Waals surface area contributed by atoms with Gasteiger partial charge in [-0.15, -0.1) is 11.3 Å². The molecule has 0 aliphatic rings. The van der Waals surface area contributed by atoms with Gasteiger partial charge in [0.15, 0.2) is 0 Å². The molecule has 1 heterocycles. The SMILES string of the molecule is O=C(NOP)c1cc2ccccc2s1. The molecule has 1 unspecified atom stereocenters. The zero-order valence-corrected chi connectivity index (χ0v) is 9.16. The maximum absolute atomic E-state index is 11.4. The van der Waals surface area contributed by atoms with Crippen LogP contribution < -0.4 is 5.48 Å². The van der Waals surface area contributed by atoms with Crippen molar-refractivity contribution in [3.63, 3.8) is 0 Å². The van der Waals surface area contributed by atoms with E-state index < -0.39 is 0 Å². The van der Waals surface area contributed by atoms with Gasteiger partial charge >= 0.3 is 0 Å². The van der Waals surface area contributed by atoms with E-state index in [1.807, 2.05) is 39.8 Å². The topological polar surface area (TPSA) is 38.3 Å². The number of hydrogen-bond acceptors (Lipinski definition) is 3. The molecule has 1 N–H and O–H groups in total. The predicted octanol–water partition coefficient (Wildman–Crippen LogP) is 2.35. The van der Waals surface area contributed by atoms with Crippen molar-refractivity contribution in [3.8, 4) is 0 Å². The van der Waals surface area contributed by atoms with Crippen molar-refractivity contribution in [1.82, 2.24) is 5.48 Å². The lowest BCUT2D eigenvalue weighted by molar-refractivity contribution is 0.0800. The van der Waals surface area contributed by atoms with E-state index in [2.05, 4.69) is 10.1 Å². The summed E-state index contributed by atoms with van der Waals surface area (Å²) in [6, 6.07) is 9.71. The summed E-state index contributed by atoms with van der Waals surface area (Å²) in [5.41, 5.74) is 2.26. The Morgan fingerprint density at radius 2 is 2.21 bits per heavy atom. The Bertz CT molecular complexity index is 436. The molecule has 0 saturated carbocycles. The first-order valence-corrected chi connectivity index (χ1v) is 5.24. The Morgan fingerprint density at radius 3 is 2.93 bits per heavy atom. The van der Waals surface area contributed by atoms with Crippen LogP contribution in [0.1, 0.15) is 9.67 Å². The maximum Gasteiger partial charge on any atom is 0.285 e. The maximum atomic E-state index is 11.4. The molecule has 72 valence electrons. The average Bonchev–Trinajstić information content (AvgIpc) is 2.61. The molecule has 0 aliphatic heterocycles. The Kier molecular flexibility index (Phi) is 2.77. The molecular formula is C9H8NO2PS. The molecule has 2 aromatic rings. The number of amides is 1. The van der Waals surface area contributed by atoms with Crippen molar-refractivity contribution < 1.29 is 9.42 Å². The van der Waals surface area contributed by atoms with Crippen molar-refractivity contribution in [1.29, 1.82) is 0 Å². The van der Waals surface area contributed by atoms with Crippen molar-refractivity contribution in [2.75, 3.05) is 0 Å². The summed E-state index contributed by atoms with van der Waals surface area (Å²) in [6.07, 6.45) is 0. The molecule has 3 nitrogen and oxygen atoms in total. The molecule has 0 fully saturated rings. The fourth-order valence-electron chi connectivity index (χ4n) is 1.20. The van der Waals surface area contributed by atoms with Gasteiger partial charge in [-0.3, -0.25) is 9.42 Å². The molecule has 1 atom stereocenters. The number of hydroxylamine groups is 1. The normalized spacial score (nSPS) is 10.4. The zero-order chi connectivity index (χ0) is 9.97. The highest BCUT2D eigenvalue weighted by Gasteiger charge is 2.08. The highest BCUT2D eigenvalue weighted by Crippen LogP contribution is 2.24. The lowest BCUT2D eigenvalue weighted by Crippen LogP contribution is -2.18. The van der Waals surface area contributed by atoms with E-state index >= 15 is 0 Å². The second-order valence-electron chi connectivity index (χ2n) is 2.70. The van der Waals surface area contributed by atoms with Crippen LogP contribution in [0, 0.1) is 0 Å². The lowest BCUT2D eigenvalue weighted by atomic mass is 10.2. The molecule has 0 bridgehead atoms. The summed E-state index contributed by atoms with van der Waals surface area (Å²) < 4.78 is 5.58. The third-order valence-electron chi connectivity index (χ3n) is 1.80. The van der Waals surface area contributed by atoms with Crippen LogP contribution in [0.2, 0.25) is 0 Å². The van der Waals surface area contributed by atoms with E-state index in [9.17, 15) is 4.79 Å². The van der Waals surface area contributed by atoms with Gasteiger partial charge in [0.1, 0.15) is 0 Å². The number of rotatable bonds is 2. The minimum absolute atomic E-state index is 0.221. The van der Waals surface area contributed by atoms with Crippen molar-refractivity contribution >= 4 is 36.8 Å². The van der Waals surface area contributed by atoms with Crippen molar-refractivity contribution in [2.45, 2.75) is 0 Å². The number of nitrogens with one attached hydrogen (secondary N) is 1. The molecule has 2 rings (SSSR count). The highest BCUT2D eigenvalue weighted by molar-refractivity contribution is 7.20. The first-order chi connectivity index (χ1) is 6.81. The van der Waals surface area contributed by atoms with E-state index in [0.717, 1.165) is 10.1 Å². The predicted molar refractivity (Wildman–Crippen MR) is 60.1 cm³/mol. The van der Waals surface area contributed by atoms with Gasteiger partial charge in [-0.25, -0.2) is 5.48 Å². The Morgan fingerprint density at radius 1 is 1.43 bits per heavy atom. The van der Waals surface area contributed by atoms with Gasteiger partial charge < -0.3 is 0 Å². The average molecular weight is 225 g/mol. The molecule has 5 heteroatoms.